The molecule has 3 heteroatoms. The number of fused-ring (bicyclic) bond motifs is 2. The lowest BCUT2D eigenvalue weighted by molar-refractivity contribution is 0.0667. The molecule has 34 heavy (non-hydrogen) atoms. The van der Waals surface area contributed by atoms with Crippen molar-refractivity contribution in [3.05, 3.63) is 95.6 Å². The summed E-state index contributed by atoms with van der Waals surface area (Å²) in [5.41, 5.74) is 6.79. The van der Waals surface area contributed by atoms with Crippen molar-refractivity contribution in [2.24, 2.45) is 7.05 Å². The van der Waals surface area contributed by atoms with Crippen LogP contribution in [0.3, 0.4) is 0 Å². The third kappa shape index (κ3) is 3.73. The van der Waals surface area contributed by atoms with E-state index in [0.29, 0.717) is 0 Å². The van der Waals surface area contributed by atoms with Crippen LogP contribution < -0.4 is 0 Å². The van der Waals surface area contributed by atoms with Crippen LogP contribution in [0.2, 0.25) is 0 Å². The second-order valence-corrected chi connectivity index (χ2v) is 9.61. The summed E-state index contributed by atoms with van der Waals surface area (Å²) in [4.78, 5) is 16.0. The molecule has 3 nitrogen and oxygen atoms in total. The lowest BCUT2D eigenvalue weighted by atomic mass is 9.92. The monoisotopic (exact) mass is 450 g/mol. The fourth-order valence-electron chi connectivity index (χ4n) is 5.74. The number of amides is 1. The van der Waals surface area contributed by atoms with Crippen LogP contribution in [-0.4, -0.2) is 21.4 Å². The van der Waals surface area contributed by atoms with Gasteiger partial charge >= 0.3 is 0 Å². The number of hydrogen-bond acceptors (Lipinski definition) is 1. The Balaban J connectivity index is 1.70. The number of nitrogens with zero attached hydrogens (tertiary/aromatic N) is 2. The molecule has 1 aliphatic rings. The van der Waals surface area contributed by atoms with Crippen molar-refractivity contribution < 1.29 is 4.79 Å². The smallest absolute Gasteiger partial charge is 0.255 e. The van der Waals surface area contributed by atoms with Gasteiger partial charge in [0.1, 0.15) is 0 Å². The number of unbranched alkanes of at least 4 members (excludes halogenated alkanes) is 3. The van der Waals surface area contributed by atoms with Gasteiger partial charge in [0.2, 0.25) is 0 Å². The number of aromatic nitrogens is 1. The topological polar surface area (TPSA) is 25.2 Å². The van der Waals surface area contributed by atoms with Crippen molar-refractivity contribution in [3.63, 3.8) is 0 Å². The lowest BCUT2D eigenvalue weighted by Crippen LogP contribution is -2.37. The minimum Gasteiger partial charge on any atom is -0.343 e. The van der Waals surface area contributed by atoms with Gasteiger partial charge in [-0.2, -0.15) is 0 Å². The molecule has 0 saturated heterocycles. The number of para-hydroxylation sites is 1. The van der Waals surface area contributed by atoms with Gasteiger partial charge < -0.3 is 9.47 Å². The van der Waals surface area contributed by atoms with E-state index in [1.165, 1.54) is 47.0 Å². The van der Waals surface area contributed by atoms with Crippen LogP contribution in [0.1, 0.15) is 73.5 Å². The average Bonchev–Trinajstić information content (AvgIpc) is 3.33. The second-order valence-electron chi connectivity index (χ2n) is 9.61. The zero-order valence-corrected chi connectivity index (χ0v) is 20.5. The maximum absolute atomic E-state index is 13.8. The van der Waals surface area contributed by atoms with Gasteiger partial charge in [-0.15, -0.1) is 0 Å². The van der Waals surface area contributed by atoms with Crippen molar-refractivity contribution in [2.45, 2.75) is 58.0 Å². The zero-order chi connectivity index (χ0) is 23.7. The summed E-state index contributed by atoms with van der Waals surface area (Å²) < 4.78 is 2.30. The molecule has 2 atom stereocenters. The van der Waals surface area contributed by atoms with Crippen LogP contribution in [0, 0.1) is 0 Å². The van der Waals surface area contributed by atoms with Crippen LogP contribution in [-0.2, 0) is 7.05 Å². The Morgan fingerprint density at radius 1 is 0.853 bits per heavy atom. The zero-order valence-electron chi connectivity index (χ0n) is 20.5. The van der Waals surface area contributed by atoms with Crippen molar-refractivity contribution in [3.8, 4) is 11.3 Å². The first-order chi connectivity index (χ1) is 16.6. The Bertz CT molecular complexity index is 1300. The number of rotatable bonds is 8. The van der Waals surface area contributed by atoms with Crippen LogP contribution >= 0.6 is 0 Å². The van der Waals surface area contributed by atoms with Crippen molar-refractivity contribution >= 4 is 16.8 Å². The molecule has 5 rings (SSSR count). The molecule has 174 valence electrons. The quantitative estimate of drug-likeness (QED) is 0.252. The first kappa shape index (κ1) is 22.5. The second kappa shape index (κ2) is 9.50. The summed E-state index contributed by atoms with van der Waals surface area (Å²) in [7, 11) is 2.15. The third-order valence-corrected chi connectivity index (χ3v) is 7.42. The van der Waals surface area contributed by atoms with Gasteiger partial charge in [-0.3, -0.25) is 4.79 Å². The molecule has 3 aromatic carbocycles. The van der Waals surface area contributed by atoms with Crippen LogP contribution in [0.25, 0.3) is 22.2 Å². The van der Waals surface area contributed by atoms with Crippen LogP contribution in [0.15, 0.2) is 78.9 Å². The third-order valence-electron chi connectivity index (χ3n) is 7.42. The Morgan fingerprint density at radius 2 is 1.56 bits per heavy atom. The molecule has 1 amide bonds. The minimum atomic E-state index is -0.0915. The highest BCUT2D eigenvalue weighted by Gasteiger charge is 2.42. The van der Waals surface area contributed by atoms with E-state index in [1.54, 1.807) is 0 Å². The average molecular weight is 451 g/mol. The lowest BCUT2D eigenvalue weighted by Gasteiger charge is -2.32. The highest BCUT2D eigenvalue weighted by atomic mass is 16.2. The first-order valence-corrected chi connectivity index (χ1v) is 12.7. The van der Waals surface area contributed by atoms with Gasteiger partial charge in [0.05, 0.1) is 11.7 Å². The Hall–Kier alpha value is -3.33. The van der Waals surface area contributed by atoms with E-state index in [-0.39, 0.29) is 18.0 Å². The molecule has 0 aliphatic carbocycles. The summed E-state index contributed by atoms with van der Waals surface area (Å²) in [6, 6.07) is 27.5. The minimum absolute atomic E-state index is 0.0915. The molecule has 0 N–H and O–H groups in total. The highest BCUT2D eigenvalue weighted by molar-refractivity contribution is 6.02. The fourth-order valence-corrected chi connectivity index (χ4v) is 5.74. The van der Waals surface area contributed by atoms with Gasteiger partial charge in [-0.25, -0.2) is 0 Å². The molecule has 0 radical (unpaired) electrons. The number of hydrogen-bond donors (Lipinski definition) is 0. The van der Waals surface area contributed by atoms with Crippen LogP contribution in [0.4, 0.5) is 0 Å². The van der Waals surface area contributed by atoms with E-state index in [0.717, 1.165) is 24.0 Å². The van der Waals surface area contributed by atoms with Crippen molar-refractivity contribution in [1.29, 1.82) is 0 Å². The number of carbonyl (C=O) groups is 1. The van der Waals surface area contributed by atoms with Crippen molar-refractivity contribution in [1.82, 2.24) is 9.47 Å². The van der Waals surface area contributed by atoms with E-state index in [2.05, 4.69) is 97.1 Å². The van der Waals surface area contributed by atoms with Gasteiger partial charge in [0.25, 0.3) is 5.91 Å². The highest BCUT2D eigenvalue weighted by Crippen LogP contribution is 2.47. The Kier molecular flexibility index (Phi) is 6.28. The molecule has 0 saturated carbocycles. The van der Waals surface area contributed by atoms with Gasteiger partial charge in [-0.1, -0.05) is 99.3 Å². The number of benzene rings is 3. The van der Waals surface area contributed by atoms with E-state index < -0.39 is 0 Å². The predicted molar refractivity (Wildman–Crippen MR) is 141 cm³/mol. The van der Waals surface area contributed by atoms with Gasteiger partial charge in [0, 0.05) is 35.1 Å². The first-order valence-electron chi connectivity index (χ1n) is 12.7. The molecule has 1 aliphatic heterocycles. The standard InChI is InChI=1S/C31H34N2O/c1-4-5-6-8-15-22(2)33-30(24-18-11-12-19-25(24)31(33)34)28-26-20-13-14-21-27(26)32(3)29(28)23-16-9-7-10-17-23/h7,9-14,16-22,30H,4-6,8,15H2,1-3H3. The summed E-state index contributed by atoms with van der Waals surface area (Å²) in [6.07, 6.45) is 5.89. The molecule has 1 aromatic heterocycles. The van der Waals surface area contributed by atoms with Crippen LogP contribution in [0.5, 0.6) is 0 Å². The van der Waals surface area contributed by atoms with E-state index in [1.807, 2.05) is 12.1 Å². The largest absolute Gasteiger partial charge is 0.343 e. The number of carbonyl (C=O) groups excluding carboxylic acids is 1. The summed E-state index contributed by atoms with van der Waals surface area (Å²) in [5.74, 6) is 0.163. The summed E-state index contributed by atoms with van der Waals surface area (Å²) in [6.45, 7) is 4.47. The molecular weight excluding hydrogens is 416 g/mol. The van der Waals surface area contributed by atoms with Gasteiger partial charge in [-0.05, 0) is 36.6 Å². The SMILES string of the molecule is CCCCCCC(C)N1C(=O)c2ccccc2C1c1c(-c2ccccc2)n(C)c2ccccc12. The van der Waals surface area contributed by atoms with E-state index >= 15 is 0 Å². The summed E-state index contributed by atoms with van der Waals surface area (Å²) >= 11 is 0. The molecule has 2 unspecified atom stereocenters. The van der Waals surface area contributed by atoms with Gasteiger partial charge in [0.15, 0.2) is 0 Å². The molecule has 0 bridgehead atoms. The summed E-state index contributed by atoms with van der Waals surface area (Å²) in [5, 5.41) is 1.22. The Labute approximate surface area is 203 Å². The molecule has 4 aromatic rings. The molecule has 0 fully saturated rings. The Morgan fingerprint density at radius 3 is 2.35 bits per heavy atom. The van der Waals surface area contributed by atoms with Crippen molar-refractivity contribution in [2.75, 3.05) is 0 Å². The predicted octanol–water partition coefficient (Wildman–Crippen LogP) is 7.75. The molecule has 0 spiro atoms. The molecular formula is C31H34N2O. The molecule has 2 heterocycles. The maximum atomic E-state index is 13.8. The normalized spacial score (nSPS) is 16.3. The maximum Gasteiger partial charge on any atom is 0.255 e. The number of aryl methyl sites for hydroxylation is 1. The van der Waals surface area contributed by atoms with E-state index in [4.69, 9.17) is 0 Å². The fraction of sp³-hybridized carbons (Fsp3) is 0.323. The van der Waals surface area contributed by atoms with E-state index in [9.17, 15) is 4.79 Å².